The Morgan fingerprint density at radius 2 is 1.62 bits per heavy atom. The third-order valence-corrected chi connectivity index (χ3v) is 4.57. The molecule has 0 saturated carbocycles. The molecule has 0 aliphatic heterocycles. The number of fused-ring (bicyclic) bond motifs is 1. The summed E-state index contributed by atoms with van der Waals surface area (Å²) in [7, 11) is -4.60. The van der Waals surface area contributed by atoms with Crippen LogP contribution in [0.1, 0.15) is 5.56 Å². The SMILES string of the molecule is O=P(O)(O)c1cccc(O)c1N=Cc1c(O)ccc2ccccc12. The molecule has 0 aromatic heterocycles. The van der Waals surface area contributed by atoms with E-state index in [0.29, 0.717) is 5.56 Å². The number of phenolic OH excluding ortho intramolecular Hbond substituents is 2. The van der Waals surface area contributed by atoms with Crippen molar-refractivity contribution in [1.82, 2.24) is 0 Å². The third-order valence-electron chi connectivity index (χ3n) is 3.58. The maximum atomic E-state index is 11.6. The quantitative estimate of drug-likeness (QED) is 0.432. The van der Waals surface area contributed by atoms with Gasteiger partial charge in [-0.05, 0) is 29.0 Å². The molecule has 0 heterocycles. The lowest BCUT2D eigenvalue weighted by molar-refractivity contribution is 0.387. The van der Waals surface area contributed by atoms with Gasteiger partial charge in [-0.15, -0.1) is 0 Å². The van der Waals surface area contributed by atoms with Crippen molar-refractivity contribution in [3.8, 4) is 11.5 Å². The van der Waals surface area contributed by atoms with E-state index in [2.05, 4.69) is 4.99 Å². The van der Waals surface area contributed by atoms with E-state index in [1.165, 1.54) is 30.5 Å². The Labute approximate surface area is 137 Å². The van der Waals surface area contributed by atoms with E-state index in [1.807, 2.05) is 12.1 Å². The number of aliphatic imine (C=N–C) groups is 1. The lowest BCUT2D eigenvalue weighted by atomic mass is 10.0. The van der Waals surface area contributed by atoms with Crippen LogP contribution in [0.2, 0.25) is 0 Å². The van der Waals surface area contributed by atoms with Gasteiger partial charge in [0.1, 0.15) is 17.2 Å². The molecule has 3 aromatic rings. The van der Waals surface area contributed by atoms with Crippen LogP contribution in [0.3, 0.4) is 0 Å². The zero-order valence-electron chi connectivity index (χ0n) is 12.4. The second-order valence-electron chi connectivity index (χ2n) is 5.17. The van der Waals surface area contributed by atoms with Crippen LogP contribution < -0.4 is 5.30 Å². The van der Waals surface area contributed by atoms with Crippen LogP contribution in [-0.4, -0.2) is 26.2 Å². The zero-order valence-corrected chi connectivity index (χ0v) is 13.3. The van der Waals surface area contributed by atoms with Gasteiger partial charge in [-0.3, -0.25) is 9.56 Å². The Balaban J connectivity index is 2.17. The molecule has 3 rings (SSSR count). The van der Waals surface area contributed by atoms with Crippen molar-refractivity contribution in [3.63, 3.8) is 0 Å². The molecule has 3 aromatic carbocycles. The Hall–Kier alpha value is -2.66. The van der Waals surface area contributed by atoms with E-state index in [0.717, 1.165) is 10.8 Å². The molecular weight excluding hydrogens is 329 g/mol. The molecule has 0 radical (unpaired) electrons. The van der Waals surface area contributed by atoms with Gasteiger partial charge in [0.15, 0.2) is 0 Å². The molecule has 0 bridgehead atoms. The van der Waals surface area contributed by atoms with Gasteiger partial charge in [0.25, 0.3) is 0 Å². The van der Waals surface area contributed by atoms with Crippen LogP contribution in [0.25, 0.3) is 10.8 Å². The van der Waals surface area contributed by atoms with Crippen molar-refractivity contribution < 1.29 is 24.6 Å². The fraction of sp³-hybridized carbons (Fsp3) is 0. The molecule has 24 heavy (non-hydrogen) atoms. The summed E-state index contributed by atoms with van der Waals surface area (Å²) >= 11 is 0. The molecule has 0 atom stereocenters. The van der Waals surface area contributed by atoms with E-state index < -0.39 is 7.60 Å². The lowest BCUT2D eigenvalue weighted by Crippen LogP contribution is -2.04. The topological polar surface area (TPSA) is 110 Å². The number of hydrogen-bond donors (Lipinski definition) is 4. The van der Waals surface area contributed by atoms with Gasteiger partial charge in [0, 0.05) is 11.8 Å². The van der Waals surface area contributed by atoms with Crippen LogP contribution in [0.5, 0.6) is 11.5 Å². The average Bonchev–Trinajstić information content (AvgIpc) is 2.54. The number of phenols is 2. The maximum Gasteiger partial charge on any atom is 0.358 e. The van der Waals surface area contributed by atoms with Gasteiger partial charge in [0.05, 0.1) is 5.30 Å². The first kappa shape index (κ1) is 16.2. The second-order valence-corrected chi connectivity index (χ2v) is 6.74. The summed E-state index contributed by atoms with van der Waals surface area (Å²) in [6, 6.07) is 14.4. The predicted octanol–water partition coefficient (Wildman–Crippen LogP) is 2.80. The van der Waals surface area contributed by atoms with Gasteiger partial charge in [-0.1, -0.05) is 36.4 Å². The summed E-state index contributed by atoms with van der Waals surface area (Å²) in [6.07, 6.45) is 1.28. The lowest BCUT2D eigenvalue weighted by Gasteiger charge is -2.09. The average molecular weight is 343 g/mol. The molecule has 0 unspecified atom stereocenters. The molecule has 0 aliphatic carbocycles. The van der Waals surface area contributed by atoms with Crippen LogP contribution >= 0.6 is 7.60 Å². The largest absolute Gasteiger partial charge is 0.507 e. The molecule has 0 amide bonds. The molecule has 0 saturated heterocycles. The Morgan fingerprint density at radius 3 is 2.38 bits per heavy atom. The fourth-order valence-electron chi connectivity index (χ4n) is 2.44. The normalized spacial score (nSPS) is 12.1. The monoisotopic (exact) mass is 343 g/mol. The van der Waals surface area contributed by atoms with Gasteiger partial charge >= 0.3 is 7.60 Å². The first-order chi connectivity index (χ1) is 11.4. The predicted molar refractivity (Wildman–Crippen MR) is 92.7 cm³/mol. The number of nitrogens with zero attached hydrogens (tertiary/aromatic N) is 1. The minimum Gasteiger partial charge on any atom is -0.507 e. The fourth-order valence-corrected chi connectivity index (χ4v) is 3.16. The van der Waals surface area contributed by atoms with Crippen LogP contribution in [0.4, 0.5) is 5.69 Å². The van der Waals surface area contributed by atoms with Crippen LogP contribution in [0.15, 0.2) is 59.6 Å². The first-order valence-corrected chi connectivity index (χ1v) is 8.62. The zero-order chi connectivity index (χ0) is 17.3. The van der Waals surface area contributed by atoms with Crippen molar-refractivity contribution in [2.75, 3.05) is 0 Å². The number of rotatable bonds is 3. The third kappa shape index (κ3) is 3.03. The highest BCUT2D eigenvalue weighted by molar-refractivity contribution is 7.60. The number of para-hydroxylation sites is 1. The van der Waals surface area contributed by atoms with Gasteiger partial charge in [-0.25, -0.2) is 0 Å². The summed E-state index contributed by atoms with van der Waals surface area (Å²) in [5.74, 6) is -0.377. The molecule has 0 spiro atoms. The second kappa shape index (κ2) is 6.09. The van der Waals surface area contributed by atoms with Gasteiger partial charge < -0.3 is 20.0 Å². The van der Waals surface area contributed by atoms with E-state index in [1.54, 1.807) is 18.2 Å². The summed E-state index contributed by atoms with van der Waals surface area (Å²) in [4.78, 5) is 22.8. The molecule has 6 nitrogen and oxygen atoms in total. The minimum atomic E-state index is -4.60. The molecule has 0 aliphatic rings. The van der Waals surface area contributed by atoms with Gasteiger partial charge in [-0.2, -0.15) is 0 Å². The molecule has 122 valence electrons. The van der Waals surface area contributed by atoms with Crippen molar-refractivity contribution in [1.29, 1.82) is 0 Å². The number of hydrogen-bond acceptors (Lipinski definition) is 4. The summed E-state index contributed by atoms with van der Waals surface area (Å²) in [6.45, 7) is 0. The van der Waals surface area contributed by atoms with E-state index in [-0.39, 0.29) is 22.5 Å². The van der Waals surface area contributed by atoms with E-state index in [4.69, 9.17) is 0 Å². The highest BCUT2D eigenvalue weighted by Gasteiger charge is 2.23. The molecule has 4 N–H and O–H groups in total. The van der Waals surface area contributed by atoms with Crippen molar-refractivity contribution in [2.45, 2.75) is 0 Å². The van der Waals surface area contributed by atoms with Crippen molar-refractivity contribution >= 4 is 35.6 Å². The van der Waals surface area contributed by atoms with Crippen LogP contribution in [0, 0.1) is 0 Å². The highest BCUT2D eigenvalue weighted by atomic mass is 31.2. The molecular formula is C17H14NO5P. The Bertz CT molecular complexity index is 993. The first-order valence-electron chi connectivity index (χ1n) is 7.01. The van der Waals surface area contributed by atoms with Gasteiger partial charge in [0.2, 0.25) is 0 Å². The smallest absolute Gasteiger partial charge is 0.358 e. The van der Waals surface area contributed by atoms with E-state index in [9.17, 15) is 24.6 Å². The standard InChI is InChI=1S/C17H14NO5P/c19-14-9-8-11-4-1-2-5-12(11)13(14)10-18-17-15(20)6-3-7-16(17)24(21,22)23/h1-10,19-20H,(H2,21,22,23). The number of benzene rings is 3. The minimum absolute atomic E-state index is 0.0226. The Morgan fingerprint density at radius 1 is 0.875 bits per heavy atom. The summed E-state index contributed by atoms with van der Waals surface area (Å²) in [5, 5.41) is 21.2. The van der Waals surface area contributed by atoms with Crippen molar-refractivity contribution in [2.24, 2.45) is 4.99 Å². The molecule has 0 fully saturated rings. The van der Waals surface area contributed by atoms with Crippen molar-refractivity contribution in [3.05, 3.63) is 60.2 Å². The maximum absolute atomic E-state index is 11.6. The van der Waals surface area contributed by atoms with Crippen LogP contribution in [-0.2, 0) is 4.57 Å². The van der Waals surface area contributed by atoms with E-state index >= 15 is 0 Å². The summed E-state index contributed by atoms with van der Waals surface area (Å²) in [5.41, 5.74) is 0.172. The highest BCUT2D eigenvalue weighted by Crippen LogP contribution is 2.40. The molecule has 7 heteroatoms. The summed E-state index contributed by atoms with van der Waals surface area (Å²) < 4.78 is 11.6. The number of aromatic hydroxyl groups is 2. The Kier molecular flexibility index (Phi) is 4.11.